The second kappa shape index (κ2) is 16.4. The van der Waals surface area contributed by atoms with Gasteiger partial charge in [-0.15, -0.1) is 17.5 Å². The fourth-order valence-corrected chi connectivity index (χ4v) is 6.86. The van der Waals surface area contributed by atoms with Crippen molar-refractivity contribution in [1.82, 2.24) is 4.98 Å². The number of aromatic nitrogens is 1. The predicted octanol–water partition coefficient (Wildman–Crippen LogP) is 13.3. The van der Waals surface area contributed by atoms with Crippen LogP contribution < -0.4 is 4.74 Å². The Labute approximate surface area is 322 Å². The molecule has 1 aliphatic heterocycles. The summed E-state index contributed by atoms with van der Waals surface area (Å²) in [5.74, 6) is 1.78. The van der Waals surface area contributed by atoms with Crippen molar-refractivity contribution in [3.05, 3.63) is 77.2 Å². The summed E-state index contributed by atoms with van der Waals surface area (Å²) in [5.41, 5.74) is 1.61. The van der Waals surface area contributed by atoms with Crippen molar-refractivity contribution in [2.24, 2.45) is 22.2 Å². The second-order valence-electron chi connectivity index (χ2n) is 16.2. The van der Waals surface area contributed by atoms with Crippen LogP contribution in [0.2, 0.25) is 0 Å². The average molecular weight is 895 g/mol. The van der Waals surface area contributed by atoms with Crippen LogP contribution in [0.3, 0.4) is 0 Å². The molecule has 4 nitrogen and oxygen atoms in total. The number of hydrogen-bond donors (Lipinski definition) is 1. The number of ether oxygens (including phenoxy) is 1. The van der Waals surface area contributed by atoms with E-state index in [-0.39, 0.29) is 49.1 Å². The minimum Gasteiger partial charge on any atom is -0.512 e. The van der Waals surface area contributed by atoms with Crippen molar-refractivity contribution in [2.75, 3.05) is 0 Å². The van der Waals surface area contributed by atoms with Gasteiger partial charge in [0.25, 0.3) is 0 Å². The number of aliphatic hydroxyl groups is 1. The zero-order valence-corrected chi connectivity index (χ0v) is 35.0. The first-order chi connectivity index (χ1) is 23.7. The van der Waals surface area contributed by atoms with Crippen LogP contribution >= 0.6 is 0 Å². The summed E-state index contributed by atoms with van der Waals surface area (Å²) in [6.07, 6.45) is 1.43. The van der Waals surface area contributed by atoms with Gasteiger partial charge in [-0.1, -0.05) is 110 Å². The number of benzene rings is 3. The molecule has 1 radical (unpaired) electrons. The molecule has 2 heterocycles. The van der Waals surface area contributed by atoms with Gasteiger partial charge in [0, 0.05) is 54.3 Å². The van der Waals surface area contributed by atoms with Crippen molar-refractivity contribution in [2.45, 2.75) is 121 Å². The second-order valence-corrected chi connectivity index (χ2v) is 16.2. The third-order valence-electron chi connectivity index (χ3n) is 10.7. The van der Waals surface area contributed by atoms with Crippen molar-refractivity contribution >= 4 is 27.3 Å². The van der Waals surface area contributed by atoms with Gasteiger partial charge in [-0.3, -0.25) is 9.78 Å². The van der Waals surface area contributed by atoms with Gasteiger partial charge in [-0.2, -0.15) is 13.2 Å². The van der Waals surface area contributed by atoms with E-state index < -0.39 is 11.6 Å². The number of alkyl halides is 3. The minimum absolute atomic E-state index is 0. The number of allylic oxidation sites excluding steroid dienone is 2. The summed E-state index contributed by atoms with van der Waals surface area (Å²) in [6.45, 7) is 20.9. The number of halogens is 3. The van der Waals surface area contributed by atoms with Crippen LogP contribution in [0.25, 0.3) is 32.8 Å². The largest absolute Gasteiger partial charge is 0.512 e. The Bertz CT molecular complexity index is 1930. The van der Waals surface area contributed by atoms with E-state index in [1.165, 1.54) is 13.8 Å². The SMILES string of the molecule is CC(C)(C)Cc1c2c([c-]c3ccccc13)-c1nccc3cc(CC(C)(C)C(F)(F)F)cc(c13)O2.CCC(CC)/C(O)=C(\C)C(=O)C(C)(CC)CC.[Ir]. The molecule has 8 heteroatoms. The number of nitrogens with zero attached hydrogens (tertiary/aromatic N) is 1. The van der Waals surface area contributed by atoms with Crippen LogP contribution in [0.15, 0.2) is 60.0 Å². The number of hydrogen-bond acceptors (Lipinski definition) is 4. The molecule has 3 aromatic carbocycles. The van der Waals surface area contributed by atoms with Crippen LogP contribution in [0.4, 0.5) is 13.2 Å². The maximum Gasteiger partial charge on any atom is 0.394 e. The minimum atomic E-state index is -4.30. The number of carbonyl (C=O) groups is 1. The third kappa shape index (κ3) is 8.93. The summed E-state index contributed by atoms with van der Waals surface area (Å²) in [5, 5.41) is 13.9. The number of carbonyl (C=O) groups excluding carboxylic acids is 1. The Hall–Kier alpha value is -3.22. The molecule has 0 saturated carbocycles. The molecule has 0 amide bonds. The van der Waals surface area contributed by atoms with E-state index in [9.17, 15) is 23.1 Å². The summed E-state index contributed by atoms with van der Waals surface area (Å²) in [4.78, 5) is 17.1. The van der Waals surface area contributed by atoms with Gasteiger partial charge < -0.3 is 9.84 Å². The molecule has 0 aliphatic carbocycles. The monoisotopic (exact) mass is 895 g/mol. The van der Waals surface area contributed by atoms with Gasteiger partial charge in [-0.05, 0) is 73.9 Å². The smallest absolute Gasteiger partial charge is 0.394 e. The molecule has 0 fully saturated rings. The molecule has 0 saturated heterocycles. The maximum absolute atomic E-state index is 13.6. The van der Waals surface area contributed by atoms with Gasteiger partial charge >= 0.3 is 6.18 Å². The Morgan fingerprint density at radius 3 is 2.10 bits per heavy atom. The molecule has 1 aromatic heterocycles. The molecule has 0 unspecified atom stereocenters. The first kappa shape index (κ1) is 43.2. The normalized spacial score (nSPS) is 13.5. The van der Waals surface area contributed by atoms with Gasteiger partial charge in [-0.25, -0.2) is 0 Å². The molecule has 0 atom stereocenters. The van der Waals surface area contributed by atoms with E-state index >= 15 is 0 Å². The topological polar surface area (TPSA) is 59.4 Å². The number of Topliss-reactive ketones (excluding diaryl/α,β-unsaturated/α-hetero) is 1. The molecule has 0 spiro atoms. The first-order valence-corrected chi connectivity index (χ1v) is 18.3. The van der Waals surface area contributed by atoms with Gasteiger partial charge in [0.2, 0.25) is 0 Å². The van der Waals surface area contributed by atoms with Crippen LogP contribution in [0.1, 0.15) is 113 Å². The van der Waals surface area contributed by atoms with Crippen molar-refractivity contribution < 1.29 is 47.9 Å². The molecule has 1 N–H and O–H groups in total. The van der Waals surface area contributed by atoms with E-state index in [2.05, 4.69) is 37.9 Å². The van der Waals surface area contributed by atoms with Gasteiger partial charge in [0.1, 0.15) is 11.5 Å². The molecule has 0 bridgehead atoms. The van der Waals surface area contributed by atoms with E-state index in [0.29, 0.717) is 28.4 Å². The van der Waals surface area contributed by atoms with Crippen molar-refractivity contribution in [3.8, 4) is 22.8 Å². The molecule has 4 aromatic rings. The molecule has 285 valence electrons. The summed E-state index contributed by atoms with van der Waals surface area (Å²) >= 11 is 0. The zero-order valence-electron chi connectivity index (χ0n) is 32.6. The van der Waals surface area contributed by atoms with Crippen LogP contribution in [0, 0.1) is 28.2 Å². The van der Waals surface area contributed by atoms with Crippen LogP contribution in [-0.2, 0) is 37.7 Å². The maximum atomic E-state index is 13.6. The molecule has 1 aliphatic rings. The summed E-state index contributed by atoms with van der Waals surface area (Å²) in [6, 6.07) is 17.0. The first-order valence-electron chi connectivity index (χ1n) is 18.3. The number of ketones is 1. The Morgan fingerprint density at radius 2 is 1.54 bits per heavy atom. The van der Waals surface area contributed by atoms with Gasteiger partial charge in [0.15, 0.2) is 5.78 Å². The van der Waals surface area contributed by atoms with E-state index in [4.69, 9.17) is 4.74 Å². The van der Waals surface area contributed by atoms with Crippen molar-refractivity contribution in [1.29, 1.82) is 0 Å². The third-order valence-corrected chi connectivity index (χ3v) is 10.7. The molecular weight excluding hydrogens is 840 g/mol. The summed E-state index contributed by atoms with van der Waals surface area (Å²) < 4.78 is 47.3. The Morgan fingerprint density at radius 1 is 0.923 bits per heavy atom. The number of fused-ring (bicyclic) bond motifs is 3. The van der Waals surface area contributed by atoms with E-state index in [1.54, 1.807) is 19.2 Å². The average Bonchev–Trinajstić information content (AvgIpc) is 3.07. The Balaban J connectivity index is 0.000000347. The van der Waals surface area contributed by atoms with Gasteiger partial charge in [0.05, 0.1) is 11.2 Å². The van der Waals surface area contributed by atoms with Crippen LogP contribution in [0.5, 0.6) is 11.5 Å². The number of rotatable bonds is 10. The summed E-state index contributed by atoms with van der Waals surface area (Å²) in [7, 11) is 0. The molecular formula is C44H55F3IrNO3-. The number of pyridine rings is 1. The standard InChI is InChI=1S/C29H27F3NO.C15H28O2.Ir/c1-27(2,3)16-22-20-9-7-6-8-18(20)14-21-25-24-19(10-11-33-25)12-17(13-23(24)34-26(21)22)15-28(4,5)29(30,31)32;1-7-12(8-2)13(16)11(5)14(17)15(6,9-3)10-4;/h6-13H,15-16H2,1-5H3;12,16H,7-10H2,1-6H3;/q-1;;/b;13-11-;. The predicted molar refractivity (Wildman–Crippen MR) is 203 cm³/mol. The van der Waals surface area contributed by atoms with E-state index in [0.717, 1.165) is 70.5 Å². The van der Waals surface area contributed by atoms with E-state index in [1.807, 2.05) is 65.0 Å². The Kier molecular flexibility index (Phi) is 13.6. The molecule has 5 rings (SSSR count). The van der Waals surface area contributed by atoms with Crippen LogP contribution in [-0.4, -0.2) is 22.1 Å². The fraction of sp³-hybridized carbons (Fsp3) is 0.500. The fourth-order valence-electron chi connectivity index (χ4n) is 6.86. The van der Waals surface area contributed by atoms with Crippen molar-refractivity contribution in [3.63, 3.8) is 0 Å². The quantitative estimate of drug-likeness (QED) is 0.0862. The zero-order chi connectivity index (χ0) is 38.1. The molecule has 52 heavy (non-hydrogen) atoms. The number of aliphatic hydroxyl groups excluding tert-OH is 1.